The summed E-state index contributed by atoms with van der Waals surface area (Å²) >= 11 is 7.83. The number of aromatic nitrogens is 2. The Labute approximate surface area is 239 Å². The molecule has 1 saturated heterocycles. The zero-order valence-corrected chi connectivity index (χ0v) is 25.2. The molecule has 1 N–H and O–H groups in total. The number of hydrogen-bond acceptors (Lipinski definition) is 6. The van der Waals surface area contributed by atoms with Crippen LogP contribution in [0.4, 0.5) is 0 Å². The molecule has 1 fully saturated rings. The Kier molecular flexibility index (Phi) is 8.69. The molecular formula is C30H38ClN3O4S. The number of pyridine rings is 1. The molecule has 1 atom stereocenters. The molecule has 0 unspecified atom stereocenters. The lowest BCUT2D eigenvalue weighted by Gasteiger charge is -2.25. The van der Waals surface area contributed by atoms with Gasteiger partial charge in [0.05, 0.1) is 11.6 Å². The molecule has 3 heterocycles. The molecule has 7 nitrogen and oxygen atoms in total. The van der Waals surface area contributed by atoms with Gasteiger partial charge in [-0.1, -0.05) is 44.5 Å². The van der Waals surface area contributed by atoms with Gasteiger partial charge in [0.2, 0.25) is 6.23 Å². The number of likely N-dealkylation sites (tertiary alicyclic amines) is 1. The predicted molar refractivity (Wildman–Crippen MR) is 157 cm³/mol. The number of rotatable bonds is 10. The Balaban J connectivity index is 1.88. The van der Waals surface area contributed by atoms with Crippen LogP contribution in [0.25, 0.3) is 11.0 Å². The van der Waals surface area contributed by atoms with Gasteiger partial charge in [-0.2, -0.15) is 0 Å². The van der Waals surface area contributed by atoms with E-state index in [1.54, 1.807) is 38.7 Å². The summed E-state index contributed by atoms with van der Waals surface area (Å²) in [7, 11) is 0. The van der Waals surface area contributed by atoms with Gasteiger partial charge in [0.15, 0.2) is 5.78 Å². The summed E-state index contributed by atoms with van der Waals surface area (Å²) in [5.74, 6) is -0.368. The lowest BCUT2D eigenvalue weighted by atomic mass is 9.88. The normalized spacial score (nSPS) is 15.6. The number of Topliss-reactive ketones (excluding diaryl/α,β-unsaturated/α-hetero) is 1. The molecule has 1 aliphatic rings. The van der Waals surface area contributed by atoms with E-state index in [2.05, 4.69) is 30.2 Å². The minimum Gasteiger partial charge on any atom is -0.481 e. The maximum Gasteiger partial charge on any atom is 0.309 e. The number of nitrogens with zero attached hydrogens (tertiary/aromatic N) is 3. The molecule has 0 aliphatic carbocycles. The van der Waals surface area contributed by atoms with Crippen LogP contribution in [0.3, 0.4) is 0 Å². The zero-order valence-electron chi connectivity index (χ0n) is 23.6. The first-order valence-electron chi connectivity index (χ1n) is 13.3. The van der Waals surface area contributed by atoms with E-state index in [-0.39, 0.29) is 10.5 Å². The second-order valence-corrected chi connectivity index (χ2v) is 14.2. The first kappa shape index (κ1) is 29.4. The van der Waals surface area contributed by atoms with E-state index in [0.29, 0.717) is 23.7 Å². The van der Waals surface area contributed by atoms with Gasteiger partial charge in [0.1, 0.15) is 11.4 Å². The van der Waals surface area contributed by atoms with Crippen LogP contribution in [0.1, 0.15) is 65.6 Å². The zero-order chi connectivity index (χ0) is 28.5. The number of carbonyl (C=O) groups excluding carboxylic acids is 1. The molecule has 0 amide bonds. The van der Waals surface area contributed by atoms with E-state index >= 15 is 0 Å². The number of ether oxygens (including phenoxy) is 1. The highest BCUT2D eigenvalue weighted by molar-refractivity contribution is 8.00. The third kappa shape index (κ3) is 6.97. The van der Waals surface area contributed by atoms with Gasteiger partial charge < -0.3 is 14.4 Å². The second-order valence-electron chi connectivity index (χ2n) is 11.9. The number of carbonyl (C=O) groups is 2. The number of halogens is 1. The number of benzene rings is 1. The van der Waals surface area contributed by atoms with E-state index in [0.717, 1.165) is 53.1 Å². The van der Waals surface area contributed by atoms with Crippen LogP contribution in [-0.2, 0) is 22.6 Å². The monoisotopic (exact) mass is 571 g/mol. The van der Waals surface area contributed by atoms with Gasteiger partial charge in [-0.25, -0.2) is 4.98 Å². The molecule has 4 rings (SSSR count). The largest absolute Gasteiger partial charge is 0.481 e. The van der Waals surface area contributed by atoms with Crippen molar-refractivity contribution in [2.75, 3.05) is 13.1 Å². The molecule has 0 radical (unpaired) electrons. The van der Waals surface area contributed by atoms with Crippen molar-refractivity contribution in [1.82, 2.24) is 14.5 Å². The van der Waals surface area contributed by atoms with Crippen molar-refractivity contribution in [3.63, 3.8) is 0 Å². The summed E-state index contributed by atoms with van der Waals surface area (Å²) in [4.78, 5) is 32.6. The van der Waals surface area contributed by atoms with Crippen LogP contribution < -0.4 is 4.74 Å². The number of fused-ring (bicyclic) bond motifs is 1. The summed E-state index contributed by atoms with van der Waals surface area (Å²) < 4.78 is 8.23. The first-order chi connectivity index (χ1) is 18.2. The van der Waals surface area contributed by atoms with E-state index in [4.69, 9.17) is 21.3 Å². The van der Waals surface area contributed by atoms with Crippen LogP contribution in [-0.4, -0.2) is 55.4 Å². The van der Waals surface area contributed by atoms with E-state index < -0.39 is 17.6 Å². The fourth-order valence-electron chi connectivity index (χ4n) is 4.84. The fourth-order valence-corrected chi connectivity index (χ4v) is 6.14. The molecule has 0 bridgehead atoms. The fraction of sp³-hybridized carbons (Fsp3) is 0.500. The molecule has 0 spiro atoms. The Morgan fingerprint density at radius 3 is 2.33 bits per heavy atom. The third-order valence-electron chi connectivity index (χ3n) is 6.85. The van der Waals surface area contributed by atoms with Crippen molar-refractivity contribution in [3.05, 3.63) is 52.8 Å². The Morgan fingerprint density at radius 2 is 1.77 bits per heavy atom. The smallest absolute Gasteiger partial charge is 0.309 e. The predicted octanol–water partition coefficient (Wildman–Crippen LogP) is 6.67. The summed E-state index contributed by atoms with van der Waals surface area (Å²) in [5, 5.41) is 11.6. The van der Waals surface area contributed by atoms with Crippen molar-refractivity contribution in [3.8, 4) is 5.75 Å². The van der Waals surface area contributed by atoms with Crippen molar-refractivity contribution < 1.29 is 19.4 Å². The van der Waals surface area contributed by atoms with Gasteiger partial charge in [0, 0.05) is 51.8 Å². The van der Waals surface area contributed by atoms with Gasteiger partial charge in [-0.15, -0.1) is 11.8 Å². The molecule has 9 heteroatoms. The minimum absolute atomic E-state index is 0.0366. The topological polar surface area (TPSA) is 84.7 Å². The van der Waals surface area contributed by atoms with Gasteiger partial charge in [0.25, 0.3) is 0 Å². The minimum atomic E-state index is -0.992. The van der Waals surface area contributed by atoms with E-state index in [1.807, 2.05) is 30.3 Å². The number of ketones is 1. The summed E-state index contributed by atoms with van der Waals surface area (Å²) in [5.41, 5.74) is 1.71. The molecular weight excluding hydrogens is 534 g/mol. The van der Waals surface area contributed by atoms with Crippen LogP contribution in [0.2, 0.25) is 5.02 Å². The van der Waals surface area contributed by atoms with Gasteiger partial charge in [-0.05, 0) is 57.4 Å². The molecule has 3 aromatic rings. The summed E-state index contributed by atoms with van der Waals surface area (Å²) in [6.07, 6.45) is 3.45. The Hall–Kier alpha value is -2.55. The number of hydrogen-bond donors (Lipinski definition) is 1. The van der Waals surface area contributed by atoms with Crippen molar-refractivity contribution in [1.29, 1.82) is 0 Å². The van der Waals surface area contributed by atoms with Crippen LogP contribution >= 0.6 is 23.4 Å². The van der Waals surface area contributed by atoms with E-state index in [9.17, 15) is 14.7 Å². The van der Waals surface area contributed by atoms with Gasteiger partial charge >= 0.3 is 5.97 Å². The molecule has 210 valence electrons. The maximum atomic E-state index is 12.5. The lowest BCUT2D eigenvalue weighted by molar-refractivity contribution is -0.146. The standard InChI is InChI=1S/C30H38ClN3O4S/c1-19(35)27(33-13-7-8-14-33)38-22-15-23-25(39-29(2,3)4)24(16-30(5,6)28(36)37)34(26(23)32-17-22)18-20-9-11-21(31)12-10-20/h9-12,15,17,27H,7-8,13-14,16,18H2,1-6H3,(H,36,37)/t27-/m1/s1. The molecule has 1 aromatic carbocycles. The Bertz CT molecular complexity index is 1360. The number of aliphatic carboxylic acids is 1. The lowest BCUT2D eigenvalue weighted by Crippen LogP contribution is -2.42. The second kappa shape index (κ2) is 11.5. The molecule has 1 aliphatic heterocycles. The van der Waals surface area contributed by atoms with E-state index in [1.165, 1.54) is 0 Å². The van der Waals surface area contributed by atoms with Crippen LogP contribution in [0.5, 0.6) is 5.75 Å². The SMILES string of the molecule is CC(=O)[C@@H](Oc1cnc2c(c1)c(SC(C)(C)C)c(CC(C)(C)C(=O)O)n2Cc1ccc(Cl)cc1)N1CCCC1. The van der Waals surface area contributed by atoms with Gasteiger partial charge in [-0.3, -0.25) is 14.5 Å². The Morgan fingerprint density at radius 1 is 1.13 bits per heavy atom. The maximum absolute atomic E-state index is 12.5. The highest BCUT2D eigenvalue weighted by Crippen LogP contribution is 2.43. The van der Waals surface area contributed by atoms with Crippen molar-refractivity contribution >= 4 is 46.1 Å². The average molecular weight is 572 g/mol. The molecule has 2 aromatic heterocycles. The number of carboxylic acid groups (broad SMARTS) is 1. The highest BCUT2D eigenvalue weighted by Gasteiger charge is 2.34. The average Bonchev–Trinajstić information content (AvgIpc) is 3.46. The number of thioether (sulfide) groups is 1. The number of carboxylic acids is 1. The highest BCUT2D eigenvalue weighted by atomic mass is 35.5. The van der Waals surface area contributed by atoms with Crippen LogP contribution in [0, 0.1) is 5.41 Å². The van der Waals surface area contributed by atoms with Crippen molar-refractivity contribution in [2.24, 2.45) is 5.41 Å². The quantitative estimate of drug-likeness (QED) is 0.272. The third-order valence-corrected chi connectivity index (χ3v) is 8.37. The summed E-state index contributed by atoms with van der Waals surface area (Å²) in [6, 6.07) is 9.61. The molecule has 39 heavy (non-hydrogen) atoms. The van der Waals surface area contributed by atoms with Crippen molar-refractivity contribution in [2.45, 2.75) is 83.2 Å². The van der Waals surface area contributed by atoms with Crippen LogP contribution in [0.15, 0.2) is 41.4 Å². The molecule has 0 saturated carbocycles. The first-order valence-corrected chi connectivity index (χ1v) is 14.5. The summed E-state index contributed by atoms with van der Waals surface area (Å²) in [6.45, 7) is 13.7.